The molecule has 17 heavy (non-hydrogen) atoms. The van der Waals surface area contributed by atoms with Gasteiger partial charge < -0.3 is 20.1 Å². The van der Waals surface area contributed by atoms with Crippen molar-refractivity contribution in [2.24, 2.45) is 5.73 Å². The summed E-state index contributed by atoms with van der Waals surface area (Å²) >= 11 is 0. The first-order valence-electron chi connectivity index (χ1n) is 5.77. The number of ether oxygens (including phenoxy) is 1. The Hall–Kier alpha value is -1.40. The van der Waals surface area contributed by atoms with Crippen molar-refractivity contribution in [2.45, 2.75) is 38.0 Å². The van der Waals surface area contributed by atoms with E-state index in [0.29, 0.717) is 11.7 Å². The molecule has 94 valence electrons. The van der Waals surface area contributed by atoms with Crippen molar-refractivity contribution in [2.75, 3.05) is 6.61 Å². The second-order valence-corrected chi connectivity index (χ2v) is 4.18. The Labute approximate surface area is 99.4 Å². The van der Waals surface area contributed by atoms with Gasteiger partial charge in [-0.05, 0) is 19.8 Å². The van der Waals surface area contributed by atoms with Crippen molar-refractivity contribution in [3.8, 4) is 0 Å². The molecule has 1 aliphatic carbocycles. The monoisotopic (exact) mass is 239 g/mol. The first kappa shape index (κ1) is 12.1. The normalized spacial score (nSPS) is 18.8. The van der Waals surface area contributed by atoms with Gasteiger partial charge in [0.1, 0.15) is 12.1 Å². The molecule has 1 heterocycles. The molecule has 3 N–H and O–H groups in total. The summed E-state index contributed by atoms with van der Waals surface area (Å²) in [5.74, 6) is -0.594. The molecule has 1 aliphatic rings. The van der Waals surface area contributed by atoms with Crippen LogP contribution in [0.2, 0.25) is 0 Å². The smallest absolute Gasteiger partial charge is 0.326 e. The number of imidazole rings is 1. The van der Waals surface area contributed by atoms with E-state index >= 15 is 0 Å². The zero-order chi connectivity index (χ0) is 12.4. The first-order valence-corrected chi connectivity index (χ1v) is 5.77. The number of rotatable bonds is 5. The van der Waals surface area contributed by atoms with Gasteiger partial charge in [0.15, 0.2) is 0 Å². The predicted molar refractivity (Wildman–Crippen MR) is 60.1 cm³/mol. The van der Waals surface area contributed by atoms with Crippen molar-refractivity contribution in [3.63, 3.8) is 0 Å². The topological polar surface area (TPSA) is 90.4 Å². The van der Waals surface area contributed by atoms with Gasteiger partial charge in [-0.15, -0.1) is 0 Å². The van der Waals surface area contributed by atoms with E-state index in [-0.39, 0.29) is 6.61 Å². The molecule has 0 aromatic carbocycles. The fourth-order valence-corrected chi connectivity index (χ4v) is 1.75. The van der Waals surface area contributed by atoms with E-state index in [2.05, 4.69) is 4.98 Å². The van der Waals surface area contributed by atoms with Crippen LogP contribution in [0, 0.1) is 0 Å². The highest BCUT2D eigenvalue weighted by atomic mass is 16.5. The zero-order valence-corrected chi connectivity index (χ0v) is 9.74. The number of carbonyl (C=O) groups excluding carboxylic acids is 1. The molecule has 1 aromatic heterocycles. The van der Waals surface area contributed by atoms with E-state index in [1.807, 2.05) is 4.57 Å². The van der Waals surface area contributed by atoms with Gasteiger partial charge in [0, 0.05) is 6.04 Å². The lowest BCUT2D eigenvalue weighted by Crippen LogP contribution is -2.38. The average molecular weight is 239 g/mol. The molecule has 0 aliphatic heterocycles. The predicted octanol–water partition coefficient (Wildman–Crippen LogP) is 0.142. The molecule has 0 radical (unpaired) electrons. The maximum atomic E-state index is 11.4. The number of esters is 1. The lowest BCUT2D eigenvalue weighted by molar-refractivity contribution is -0.147. The minimum atomic E-state index is -1.07. The molecule has 1 saturated carbocycles. The second kappa shape index (κ2) is 4.85. The fraction of sp³-hybridized carbons (Fsp3) is 0.636. The minimum Gasteiger partial charge on any atom is -0.465 e. The van der Waals surface area contributed by atoms with E-state index < -0.39 is 18.1 Å². The third-order valence-electron chi connectivity index (χ3n) is 2.84. The van der Waals surface area contributed by atoms with Gasteiger partial charge in [-0.25, -0.2) is 4.98 Å². The summed E-state index contributed by atoms with van der Waals surface area (Å²) in [4.78, 5) is 15.4. The summed E-state index contributed by atoms with van der Waals surface area (Å²) in [5.41, 5.74) is 6.24. The Kier molecular flexibility index (Phi) is 3.44. The summed E-state index contributed by atoms with van der Waals surface area (Å²) in [6.07, 6.45) is 4.28. The molecule has 0 bridgehead atoms. The van der Waals surface area contributed by atoms with E-state index in [1.54, 1.807) is 19.4 Å². The molecule has 0 amide bonds. The molecular weight excluding hydrogens is 222 g/mol. The number of hydrogen-bond donors (Lipinski definition) is 2. The summed E-state index contributed by atoms with van der Waals surface area (Å²) in [7, 11) is 0. The molecule has 2 atom stereocenters. The Bertz CT molecular complexity index is 400. The Balaban J connectivity index is 2.09. The summed E-state index contributed by atoms with van der Waals surface area (Å²) in [5, 5.41) is 10.0. The number of nitrogens with two attached hydrogens (primary N) is 1. The highest BCUT2D eigenvalue weighted by molar-refractivity contribution is 5.76. The van der Waals surface area contributed by atoms with Gasteiger partial charge in [-0.3, -0.25) is 4.79 Å². The van der Waals surface area contributed by atoms with Crippen molar-refractivity contribution < 1.29 is 14.6 Å². The van der Waals surface area contributed by atoms with Gasteiger partial charge >= 0.3 is 5.97 Å². The third-order valence-corrected chi connectivity index (χ3v) is 2.84. The van der Waals surface area contributed by atoms with Crippen molar-refractivity contribution >= 4 is 5.97 Å². The number of aromatic nitrogens is 2. The Morgan fingerprint density at radius 3 is 3.06 bits per heavy atom. The van der Waals surface area contributed by atoms with Crippen LogP contribution in [-0.4, -0.2) is 33.3 Å². The fourth-order valence-electron chi connectivity index (χ4n) is 1.75. The van der Waals surface area contributed by atoms with Crippen molar-refractivity contribution in [1.29, 1.82) is 0 Å². The Morgan fingerprint density at radius 2 is 2.47 bits per heavy atom. The lowest BCUT2D eigenvalue weighted by atomic mass is 10.1. The van der Waals surface area contributed by atoms with E-state index in [4.69, 9.17) is 10.5 Å². The van der Waals surface area contributed by atoms with Gasteiger partial charge in [0.25, 0.3) is 0 Å². The van der Waals surface area contributed by atoms with Gasteiger partial charge in [0.2, 0.25) is 0 Å². The molecule has 1 fully saturated rings. The quantitative estimate of drug-likeness (QED) is 0.713. The Morgan fingerprint density at radius 1 is 1.76 bits per heavy atom. The number of aliphatic hydroxyl groups excluding tert-OH is 1. The maximum absolute atomic E-state index is 11.4. The van der Waals surface area contributed by atoms with Crippen molar-refractivity contribution in [3.05, 3.63) is 18.2 Å². The van der Waals surface area contributed by atoms with Crippen LogP contribution in [0.1, 0.15) is 37.6 Å². The van der Waals surface area contributed by atoms with Crippen LogP contribution in [-0.2, 0) is 9.53 Å². The number of aliphatic hydroxyl groups is 1. The van der Waals surface area contributed by atoms with Gasteiger partial charge in [-0.1, -0.05) is 0 Å². The average Bonchev–Trinajstić information content (AvgIpc) is 3.05. The van der Waals surface area contributed by atoms with Crippen LogP contribution < -0.4 is 5.73 Å². The molecule has 6 heteroatoms. The van der Waals surface area contributed by atoms with Crippen LogP contribution in [0.5, 0.6) is 0 Å². The van der Waals surface area contributed by atoms with E-state index in [1.165, 1.54) is 0 Å². The summed E-state index contributed by atoms with van der Waals surface area (Å²) in [6.45, 7) is 1.95. The number of carbonyl (C=O) groups is 1. The molecule has 0 spiro atoms. The maximum Gasteiger partial charge on any atom is 0.326 e. The SMILES string of the molecule is CCOC(=O)C(N)C(O)c1cncn1C1CC1. The molecule has 6 nitrogen and oxygen atoms in total. The van der Waals surface area contributed by atoms with E-state index in [9.17, 15) is 9.90 Å². The lowest BCUT2D eigenvalue weighted by Gasteiger charge is -2.18. The largest absolute Gasteiger partial charge is 0.465 e. The van der Waals surface area contributed by atoms with Crippen LogP contribution >= 0.6 is 0 Å². The highest BCUT2D eigenvalue weighted by Gasteiger charge is 2.32. The minimum absolute atomic E-state index is 0.251. The third kappa shape index (κ3) is 2.48. The molecule has 1 aromatic rings. The summed E-state index contributed by atoms with van der Waals surface area (Å²) < 4.78 is 6.66. The molecule has 0 saturated heterocycles. The van der Waals surface area contributed by atoms with Crippen LogP contribution in [0.15, 0.2) is 12.5 Å². The number of hydrogen-bond acceptors (Lipinski definition) is 5. The van der Waals surface area contributed by atoms with Gasteiger partial charge in [0.05, 0.1) is 24.8 Å². The van der Waals surface area contributed by atoms with Crippen molar-refractivity contribution in [1.82, 2.24) is 9.55 Å². The second-order valence-electron chi connectivity index (χ2n) is 4.18. The van der Waals surface area contributed by atoms with Crippen LogP contribution in [0.25, 0.3) is 0 Å². The highest BCUT2D eigenvalue weighted by Crippen LogP contribution is 2.37. The number of nitrogens with zero attached hydrogens (tertiary/aromatic N) is 2. The van der Waals surface area contributed by atoms with Gasteiger partial charge in [-0.2, -0.15) is 0 Å². The molecular formula is C11H17N3O3. The first-order chi connectivity index (χ1) is 8.15. The summed E-state index contributed by atoms with van der Waals surface area (Å²) in [6, 6.07) is -0.680. The zero-order valence-electron chi connectivity index (χ0n) is 9.74. The molecule has 2 rings (SSSR count). The standard InChI is InChI=1S/C11H17N3O3/c1-2-17-11(16)9(12)10(15)8-5-13-6-14(8)7-3-4-7/h5-7,9-10,15H,2-4,12H2,1H3. The van der Waals surface area contributed by atoms with E-state index in [0.717, 1.165) is 12.8 Å². The van der Waals surface area contributed by atoms with Crippen LogP contribution in [0.4, 0.5) is 0 Å². The van der Waals surface area contributed by atoms with Crippen LogP contribution in [0.3, 0.4) is 0 Å². The molecule has 2 unspecified atom stereocenters.